The van der Waals surface area contributed by atoms with Crippen LogP contribution in [0, 0.1) is 19.8 Å². The first kappa shape index (κ1) is 18.5. The molecule has 1 aromatic carbocycles. The minimum absolute atomic E-state index is 0.0965. The molecule has 0 saturated carbocycles. The summed E-state index contributed by atoms with van der Waals surface area (Å²) in [6.07, 6.45) is 2.96. The largest absolute Gasteiger partial charge is 0.348 e. The zero-order valence-corrected chi connectivity index (χ0v) is 16.9. The molecule has 1 aliphatic rings. The van der Waals surface area contributed by atoms with Crippen molar-refractivity contribution in [3.63, 3.8) is 0 Å². The Morgan fingerprint density at radius 1 is 1.29 bits per heavy atom. The van der Waals surface area contributed by atoms with Gasteiger partial charge in [0.2, 0.25) is 0 Å². The molecule has 0 aliphatic heterocycles. The number of carbonyl (C=O) groups excluding carboxylic acids is 1. The molecule has 6 heteroatoms. The number of H-pyrrole nitrogens is 1. The average molecular weight is 377 g/mol. The van der Waals surface area contributed by atoms with Gasteiger partial charge in [-0.1, -0.05) is 31.2 Å². The molecule has 1 amide bonds. The Bertz CT molecular complexity index is 991. The van der Waals surface area contributed by atoms with Crippen molar-refractivity contribution in [2.24, 2.45) is 13.0 Å². The van der Waals surface area contributed by atoms with E-state index in [9.17, 15) is 4.79 Å². The van der Waals surface area contributed by atoms with E-state index in [2.05, 4.69) is 51.8 Å². The van der Waals surface area contributed by atoms with E-state index in [0.717, 1.165) is 41.9 Å². The highest BCUT2D eigenvalue weighted by atomic mass is 16.2. The zero-order chi connectivity index (χ0) is 19.8. The van der Waals surface area contributed by atoms with Gasteiger partial charge in [0.15, 0.2) is 0 Å². The van der Waals surface area contributed by atoms with Crippen molar-refractivity contribution in [2.45, 2.75) is 46.1 Å². The monoisotopic (exact) mass is 377 g/mol. The number of fused-ring (bicyclic) bond motifs is 1. The first-order valence-electron chi connectivity index (χ1n) is 9.91. The summed E-state index contributed by atoms with van der Waals surface area (Å²) in [5, 5.41) is 14.9. The van der Waals surface area contributed by atoms with Crippen LogP contribution in [0.1, 0.15) is 46.3 Å². The Labute approximate surface area is 165 Å². The molecule has 0 spiro atoms. The Balaban J connectivity index is 1.49. The zero-order valence-electron chi connectivity index (χ0n) is 16.9. The molecule has 28 heavy (non-hydrogen) atoms. The van der Waals surface area contributed by atoms with E-state index in [-0.39, 0.29) is 11.9 Å². The smallest absolute Gasteiger partial charge is 0.269 e. The quantitative estimate of drug-likeness (QED) is 0.716. The predicted octanol–water partition coefficient (Wildman–Crippen LogP) is 3.35. The minimum Gasteiger partial charge on any atom is -0.348 e. The third-order valence-electron chi connectivity index (χ3n) is 6.00. The number of nitrogens with one attached hydrogen (secondary N) is 2. The van der Waals surface area contributed by atoms with Crippen molar-refractivity contribution in [1.82, 2.24) is 25.3 Å². The summed E-state index contributed by atoms with van der Waals surface area (Å²) in [7, 11) is 1.91. The van der Waals surface area contributed by atoms with Crippen LogP contribution < -0.4 is 5.32 Å². The van der Waals surface area contributed by atoms with Crippen LogP contribution in [0.3, 0.4) is 0 Å². The summed E-state index contributed by atoms with van der Waals surface area (Å²) in [4.78, 5) is 12.9. The highest BCUT2D eigenvalue weighted by Crippen LogP contribution is 2.30. The summed E-state index contributed by atoms with van der Waals surface area (Å²) in [5.74, 6) is 0.345. The van der Waals surface area contributed by atoms with Crippen molar-refractivity contribution in [1.29, 1.82) is 0 Å². The maximum atomic E-state index is 12.9. The van der Waals surface area contributed by atoms with Gasteiger partial charge in [-0.15, -0.1) is 0 Å². The second-order valence-electron chi connectivity index (χ2n) is 7.76. The van der Waals surface area contributed by atoms with Crippen molar-refractivity contribution in [3.05, 3.63) is 58.5 Å². The van der Waals surface area contributed by atoms with Crippen molar-refractivity contribution >= 4 is 5.91 Å². The molecule has 1 atom stereocenters. The van der Waals surface area contributed by atoms with Crippen LogP contribution >= 0.6 is 0 Å². The third-order valence-corrected chi connectivity index (χ3v) is 6.00. The minimum atomic E-state index is -0.0965. The molecule has 146 valence electrons. The molecule has 6 nitrogen and oxygen atoms in total. The molecule has 3 aromatic rings. The fourth-order valence-corrected chi connectivity index (χ4v) is 4.39. The van der Waals surface area contributed by atoms with Crippen LogP contribution in [0.4, 0.5) is 0 Å². The van der Waals surface area contributed by atoms with Crippen molar-refractivity contribution in [3.8, 4) is 11.3 Å². The van der Waals surface area contributed by atoms with E-state index in [4.69, 9.17) is 0 Å². The van der Waals surface area contributed by atoms with Crippen LogP contribution in [0.5, 0.6) is 0 Å². The highest BCUT2D eigenvalue weighted by Gasteiger charge is 2.29. The molecule has 2 N–H and O–H groups in total. The third kappa shape index (κ3) is 3.23. The number of amides is 1. The number of hydrogen-bond donors (Lipinski definition) is 2. The lowest BCUT2D eigenvalue weighted by molar-refractivity contribution is 0.0916. The lowest BCUT2D eigenvalue weighted by atomic mass is 9.94. The van der Waals surface area contributed by atoms with Crippen LogP contribution in [0.2, 0.25) is 0 Å². The molecular formula is C22H27N5O. The maximum Gasteiger partial charge on any atom is 0.269 e. The summed E-state index contributed by atoms with van der Waals surface area (Å²) in [6, 6.07) is 10.5. The number of hydrogen-bond acceptors (Lipinski definition) is 3. The maximum absolute atomic E-state index is 12.9. The van der Waals surface area contributed by atoms with Gasteiger partial charge in [-0.25, -0.2) is 0 Å². The topological polar surface area (TPSA) is 75.6 Å². The fraction of sp³-hybridized carbons (Fsp3) is 0.409. The summed E-state index contributed by atoms with van der Waals surface area (Å²) < 4.78 is 1.84. The van der Waals surface area contributed by atoms with Gasteiger partial charge in [-0.05, 0) is 56.2 Å². The Morgan fingerprint density at radius 3 is 2.54 bits per heavy atom. The fourth-order valence-electron chi connectivity index (χ4n) is 4.39. The predicted molar refractivity (Wildman–Crippen MR) is 109 cm³/mol. The molecule has 0 fully saturated rings. The van der Waals surface area contributed by atoms with Gasteiger partial charge in [-0.3, -0.25) is 14.6 Å². The average Bonchev–Trinajstić information content (AvgIpc) is 3.37. The lowest BCUT2D eigenvalue weighted by Crippen LogP contribution is -2.40. The van der Waals surface area contributed by atoms with E-state index in [0.29, 0.717) is 11.6 Å². The van der Waals surface area contributed by atoms with Gasteiger partial charge in [0.25, 0.3) is 5.91 Å². The molecule has 4 rings (SSSR count). The van der Waals surface area contributed by atoms with E-state index in [1.165, 1.54) is 11.1 Å². The van der Waals surface area contributed by atoms with Gasteiger partial charge in [0, 0.05) is 24.3 Å². The van der Waals surface area contributed by atoms with E-state index < -0.39 is 0 Å². The first-order valence-corrected chi connectivity index (χ1v) is 9.91. The van der Waals surface area contributed by atoms with Gasteiger partial charge >= 0.3 is 0 Å². The van der Waals surface area contributed by atoms with E-state index in [1.807, 2.05) is 31.6 Å². The van der Waals surface area contributed by atoms with Gasteiger partial charge in [-0.2, -0.15) is 10.2 Å². The second-order valence-corrected chi connectivity index (χ2v) is 7.76. The van der Waals surface area contributed by atoms with Crippen molar-refractivity contribution in [2.75, 3.05) is 0 Å². The van der Waals surface area contributed by atoms with Crippen LogP contribution in [0.15, 0.2) is 30.3 Å². The van der Waals surface area contributed by atoms with Gasteiger partial charge in [0.1, 0.15) is 5.69 Å². The molecule has 2 heterocycles. The molecule has 1 aliphatic carbocycles. The molecular weight excluding hydrogens is 350 g/mol. The molecule has 0 radical (unpaired) electrons. The number of nitrogens with zero attached hydrogens (tertiary/aromatic N) is 3. The number of carbonyl (C=O) groups is 1. The SMILES string of the molecule is CCC(NC(=O)c1cc(-c2c(C)nn(C)c2C)n[nH]1)C1Cc2ccccc2C1. The Morgan fingerprint density at radius 2 is 1.96 bits per heavy atom. The van der Waals surface area contributed by atoms with Crippen LogP contribution in [-0.4, -0.2) is 31.9 Å². The van der Waals surface area contributed by atoms with E-state index in [1.54, 1.807) is 0 Å². The molecule has 0 bridgehead atoms. The Kier molecular flexibility index (Phi) is 4.79. The molecule has 1 unspecified atom stereocenters. The normalized spacial score (nSPS) is 14.9. The lowest BCUT2D eigenvalue weighted by Gasteiger charge is -2.23. The molecule has 2 aromatic heterocycles. The number of aryl methyl sites for hydroxylation is 2. The van der Waals surface area contributed by atoms with Crippen LogP contribution in [-0.2, 0) is 19.9 Å². The van der Waals surface area contributed by atoms with Crippen LogP contribution in [0.25, 0.3) is 11.3 Å². The Hall–Kier alpha value is -2.89. The van der Waals surface area contributed by atoms with Crippen molar-refractivity contribution < 1.29 is 4.79 Å². The number of rotatable bonds is 5. The summed E-state index contributed by atoms with van der Waals surface area (Å²) in [5.41, 5.74) is 7.00. The number of aromatic amines is 1. The number of benzene rings is 1. The first-order chi connectivity index (χ1) is 13.5. The van der Waals surface area contributed by atoms with Gasteiger partial charge in [0.05, 0.1) is 11.4 Å². The molecule has 0 saturated heterocycles. The summed E-state index contributed by atoms with van der Waals surface area (Å²) in [6.45, 7) is 6.10. The second kappa shape index (κ2) is 7.26. The van der Waals surface area contributed by atoms with E-state index >= 15 is 0 Å². The van der Waals surface area contributed by atoms with Gasteiger partial charge < -0.3 is 5.32 Å². The summed E-state index contributed by atoms with van der Waals surface area (Å²) >= 11 is 0. The standard InChI is InChI=1S/C22H27N5O/c1-5-18(17-10-15-8-6-7-9-16(15)11-17)23-22(28)20-12-19(24-25-20)21-13(2)26-27(4)14(21)3/h6-9,12,17-18H,5,10-11H2,1-4H3,(H,23,28)(H,24,25). The highest BCUT2D eigenvalue weighted by molar-refractivity contribution is 5.93. The number of aromatic nitrogens is 4.